The quantitative estimate of drug-likeness (QED) is 0.0912. The maximum Gasteiger partial charge on any atom is 0.323 e. The number of halogens is 5. The summed E-state index contributed by atoms with van der Waals surface area (Å²) in [6, 6.07) is 21.2. The zero-order valence-electron chi connectivity index (χ0n) is 32.7. The van der Waals surface area contributed by atoms with Gasteiger partial charge in [0, 0.05) is 40.9 Å². The topological polar surface area (TPSA) is 162 Å². The lowest BCUT2D eigenvalue weighted by atomic mass is 10.2. The highest BCUT2D eigenvalue weighted by Gasteiger charge is 2.12. The summed E-state index contributed by atoms with van der Waals surface area (Å²) in [5.41, 5.74) is 5.76. The minimum absolute atomic E-state index is 0.124. The van der Waals surface area contributed by atoms with Crippen LogP contribution in [0.3, 0.4) is 0 Å². The van der Waals surface area contributed by atoms with Gasteiger partial charge in [0.2, 0.25) is 0 Å². The normalized spacial score (nSPS) is 10.2. The van der Waals surface area contributed by atoms with Crippen molar-refractivity contribution in [2.24, 2.45) is 0 Å². The Kier molecular flexibility index (Phi) is 16.3. The Labute approximate surface area is 352 Å². The van der Waals surface area contributed by atoms with Crippen molar-refractivity contribution >= 4 is 79.7 Å². The summed E-state index contributed by atoms with van der Waals surface area (Å²) in [6.45, 7) is 10.3. The van der Waals surface area contributed by atoms with Crippen LogP contribution >= 0.6 is 27.5 Å². The molecule has 6 N–H and O–H groups in total. The van der Waals surface area contributed by atoms with Gasteiger partial charge in [-0.25, -0.2) is 32.5 Å². The summed E-state index contributed by atoms with van der Waals surface area (Å²) in [6.07, 6.45) is 3.19. The molecule has 59 heavy (non-hydrogen) atoms. The van der Waals surface area contributed by atoms with E-state index in [1.54, 1.807) is 101 Å². The Morgan fingerprint density at radius 1 is 0.525 bits per heavy atom. The number of urea groups is 3. The van der Waals surface area contributed by atoms with Crippen molar-refractivity contribution in [3.8, 4) is 0 Å². The molecular weight excluding hydrogens is 851 g/mol. The molecule has 3 aromatic carbocycles. The van der Waals surface area contributed by atoms with Crippen molar-refractivity contribution in [2.45, 2.75) is 41.5 Å². The van der Waals surface area contributed by atoms with Crippen molar-refractivity contribution < 1.29 is 27.6 Å². The molecule has 306 valence electrons. The van der Waals surface area contributed by atoms with Crippen molar-refractivity contribution in [1.29, 1.82) is 0 Å². The van der Waals surface area contributed by atoms with Crippen LogP contribution in [-0.2, 0) is 0 Å². The number of rotatable bonds is 6. The van der Waals surface area contributed by atoms with E-state index in [-0.39, 0.29) is 22.2 Å². The van der Waals surface area contributed by atoms with Gasteiger partial charge >= 0.3 is 18.1 Å². The zero-order chi connectivity index (χ0) is 43.2. The van der Waals surface area contributed by atoms with Crippen LogP contribution in [0.2, 0.25) is 5.15 Å². The number of anilines is 6. The van der Waals surface area contributed by atoms with Crippen molar-refractivity contribution in [3.63, 3.8) is 0 Å². The summed E-state index contributed by atoms with van der Waals surface area (Å²) < 4.78 is 41.9. The lowest BCUT2D eigenvalue weighted by molar-refractivity contribution is 0.261. The highest BCUT2D eigenvalue weighted by atomic mass is 79.9. The molecule has 0 spiro atoms. The lowest BCUT2D eigenvalue weighted by Crippen LogP contribution is -2.20. The van der Waals surface area contributed by atoms with Gasteiger partial charge < -0.3 is 31.9 Å². The number of pyridine rings is 3. The molecule has 3 aromatic heterocycles. The number of carbonyl (C=O) groups excluding carboxylic acids is 3. The number of hydrogen-bond acceptors (Lipinski definition) is 6. The minimum Gasteiger partial charge on any atom is -0.308 e. The van der Waals surface area contributed by atoms with Crippen LogP contribution in [0.4, 0.5) is 61.7 Å². The summed E-state index contributed by atoms with van der Waals surface area (Å²) in [7, 11) is 0. The van der Waals surface area contributed by atoms with E-state index in [2.05, 4.69) is 62.8 Å². The van der Waals surface area contributed by atoms with Gasteiger partial charge in [-0.1, -0.05) is 48.0 Å². The Hall–Kier alpha value is -6.52. The average Bonchev–Trinajstić information content (AvgIpc) is 3.16. The molecule has 0 unspecified atom stereocenters. The van der Waals surface area contributed by atoms with E-state index in [1.807, 2.05) is 13.8 Å². The highest BCUT2D eigenvalue weighted by Crippen LogP contribution is 2.24. The smallest absolute Gasteiger partial charge is 0.308 e. The highest BCUT2D eigenvalue weighted by molar-refractivity contribution is 9.10. The van der Waals surface area contributed by atoms with E-state index in [1.165, 1.54) is 24.3 Å². The maximum atomic E-state index is 13.8. The van der Waals surface area contributed by atoms with Crippen LogP contribution in [0.25, 0.3) is 0 Å². The predicted octanol–water partition coefficient (Wildman–Crippen LogP) is 11.9. The second-order valence-electron chi connectivity index (χ2n) is 12.9. The molecule has 6 amide bonds. The number of nitrogens with one attached hydrogen (secondary N) is 6. The van der Waals surface area contributed by atoms with Crippen molar-refractivity contribution in [3.05, 3.63) is 158 Å². The van der Waals surface area contributed by atoms with Gasteiger partial charge in [-0.15, -0.1) is 0 Å². The molecule has 6 aromatic rings. The predicted molar refractivity (Wildman–Crippen MR) is 231 cm³/mol. The van der Waals surface area contributed by atoms with Crippen molar-refractivity contribution in [1.82, 2.24) is 15.0 Å². The molecular formula is C42H40BrClF3N9O3. The molecule has 0 radical (unpaired) electrons. The molecule has 0 atom stereocenters. The summed E-state index contributed by atoms with van der Waals surface area (Å²) in [5.74, 6) is -1.32. The fourth-order valence-electron chi connectivity index (χ4n) is 5.04. The minimum atomic E-state index is -0.545. The standard InChI is InChI=1S/C14H13BrFN3O.C14H13ClFN3O.C14H14FN3O/c1-8-4-3-5-11(13(8)16)18-14(20)19-12-6-9(2)17-7-10(12)15;1-8-4-3-5-11(13(8)16)19-14(20)18-10-6-9(2)17-12(15)7-10;1-9-4-3-5-12(13(9)15)18-14(19)17-11-6-7-16-10(2)8-11/h2*3-7H,1-2H3,(H2,17,18,19,20);3-8H,1-2H3,(H2,16,17,18,19). The fraction of sp³-hybridized carbons (Fsp3) is 0.143. The SMILES string of the molecule is Cc1cc(NC(=O)Nc2cccc(C)c2F)c(Br)cn1.Cc1cc(NC(=O)Nc2cccc(C)c2F)cc(Cl)n1.Cc1cc(NC(=O)Nc2cccc(C)c2F)ccn1. The maximum absolute atomic E-state index is 13.8. The summed E-state index contributed by atoms with van der Waals surface area (Å²) in [4.78, 5) is 47.5. The number of amides is 6. The second-order valence-corrected chi connectivity index (χ2v) is 14.1. The van der Waals surface area contributed by atoms with Gasteiger partial charge in [-0.3, -0.25) is 9.97 Å². The molecule has 12 nitrogen and oxygen atoms in total. The second kappa shape index (κ2) is 21.3. The van der Waals surface area contributed by atoms with Gasteiger partial charge in [0.05, 0.1) is 27.2 Å². The molecule has 0 fully saturated rings. The number of aryl methyl sites for hydroxylation is 6. The van der Waals surface area contributed by atoms with Gasteiger partial charge in [-0.2, -0.15) is 0 Å². The van der Waals surface area contributed by atoms with Gasteiger partial charge in [-0.05, 0) is 123 Å². The average molecular weight is 891 g/mol. The Morgan fingerprint density at radius 3 is 1.42 bits per heavy atom. The van der Waals surface area contributed by atoms with Gasteiger partial charge in [0.15, 0.2) is 0 Å². The first-order valence-electron chi connectivity index (χ1n) is 17.7. The van der Waals surface area contributed by atoms with E-state index in [4.69, 9.17) is 11.6 Å². The molecule has 17 heteroatoms. The van der Waals surface area contributed by atoms with Crippen LogP contribution in [-0.4, -0.2) is 33.0 Å². The van der Waals surface area contributed by atoms with E-state index < -0.39 is 35.5 Å². The van der Waals surface area contributed by atoms with Crippen molar-refractivity contribution in [2.75, 3.05) is 31.9 Å². The molecule has 0 bridgehead atoms. The molecule has 0 saturated heterocycles. The van der Waals surface area contributed by atoms with Gasteiger partial charge in [0.1, 0.15) is 22.6 Å². The monoisotopic (exact) mass is 889 g/mol. The number of benzene rings is 3. The molecule has 0 aliphatic carbocycles. The number of hydrogen-bond donors (Lipinski definition) is 6. The van der Waals surface area contributed by atoms with E-state index >= 15 is 0 Å². The number of carbonyl (C=O) groups is 3. The van der Waals surface area contributed by atoms with Crippen LogP contribution in [0.1, 0.15) is 33.8 Å². The van der Waals surface area contributed by atoms with E-state index in [0.717, 1.165) is 11.4 Å². The molecule has 0 aliphatic heterocycles. The molecule has 0 aliphatic rings. The van der Waals surface area contributed by atoms with Gasteiger partial charge in [0.25, 0.3) is 0 Å². The van der Waals surface area contributed by atoms with Crippen LogP contribution in [0, 0.1) is 59.0 Å². The Morgan fingerprint density at radius 2 is 0.949 bits per heavy atom. The van der Waals surface area contributed by atoms with Crippen LogP contribution in [0.5, 0.6) is 0 Å². The van der Waals surface area contributed by atoms with Crippen LogP contribution in [0.15, 0.2) is 102 Å². The first-order chi connectivity index (χ1) is 28.0. The van der Waals surface area contributed by atoms with Crippen LogP contribution < -0.4 is 31.9 Å². The lowest BCUT2D eigenvalue weighted by Gasteiger charge is -2.11. The molecule has 3 heterocycles. The fourth-order valence-corrected chi connectivity index (χ4v) is 5.61. The Balaban J connectivity index is 0.000000196. The summed E-state index contributed by atoms with van der Waals surface area (Å²) in [5, 5.41) is 15.5. The first-order valence-corrected chi connectivity index (χ1v) is 18.8. The Bertz CT molecular complexity index is 2450. The summed E-state index contributed by atoms with van der Waals surface area (Å²) >= 11 is 9.09. The van der Waals surface area contributed by atoms with E-state index in [0.29, 0.717) is 43.9 Å². The molecule has 0 saturated carbocycles. The third kappa shape index (κ3) is 14.1. The third-order valence-electron chi connectivity index (χ3n) is 7.89. The van der Waals surface area contributed by atoms with E-state index in [9.17, 15) is 27.6 Å². The zero-order valence-corrected chi connectivity index (χ0v) is 35.0. The number of nitrogens with zero attached hydrogens (tertiary/aromatic N) is 3. The molecule has 6 rings (SSSR count). The first kappa shape index (κ1) is 45.2. The third-order valence-corrected chi connectivity index (χ3v) is 8.72. The largest absolute Gasteiger partial charge is 0.323 e. The number of aromatic nitrogens is 3.